The summed E-state index contributed by atoms with van der Waals surface area (Å²) in [5, 5.41) is 22.8. The molecule has 178 valence electrons. The normalized spacial score (nSPS) is 48.0. The molecule has 3 saturated carbocycles. The van der Waals surface area contributed by atoms with E-state index in [4.69, 9.17) is 9.79 Å². The van der Waals surface area contributed by atoms with Crippen LogP contribution in [0.2, 0.25) is 0 Å². The highest BCUT2D eigenvalue weighted by molar-refractivity contribution is 7.46. The average molecular weight is 472 g/mol. The lowest BCUT2D eigenvalue weighted by atomic mass is 9.44. The van der Waals surface area contributed by atoms with Gasteiger partial charge in [-0.05, 0) is 56.6 Å². The highest BCUT2D eigenvalue weighted by atomic mass is 31.2. The molecule has 3 fully saturated rings. The Bertz CT molecular complexity index is 973. The highest BCUT2D eigenvalue weighted by Crippen LogP contribution is 2.70. The van der Waals surface area contributed by atoms with Crippen molar-refractivity contribution in [1.29, 1.82) is 0 Å². The molecule has 32 heavy (non-hydrogen) atoms. The molecule has 0 aromatic rings. The minimum absolute atomic E-state index is 0.211. The van der Waals surface area contributed by atoms with Crippen molar-refractivity contribution in [3.05, 3.63) is 23.8 Å². The maximum atomic E-state index is 17.0. The molecule has 4 N–H and O–H groups in total. The number of phosphoric acid groups is 1. The standard InChI is InChI=1S/C22H30FO8P/c1-12-8-16-15-5-4-13-9-14(24)6-7-19(13,2)21(15,23)17(25)10-20(16,3)22(12,27)18(26)11-31-32(28,29)30/h6-7,9,12,15-17,25,27H,4-5,8,10-11H2,1-3H3,(H2,28,29,30)/t12-,15+,16+,17-,19-,20+,21+,22+/m0/s1. The summed E-state index contributed by atoms with van der Waals surface area (Å²) in [6, 6.07) is 0. The van der Waals surface area contributed by atoms with Gasteiger partial charge in [-0.1, -0.05) is 25.5 Å². The SMILES string of the molecule is C[C@H]1C[C@@H]2[C@H]3CCC4=CC(=O)C=C[C@]4(C)[C@]3(F)[C@@H](O)C[C@@]2(C)[C@]1(O)C(=O)COP(=O)(O)O. The number of aliphatic hydroxyl groups is 2. The van der Waals surface area contributed by atoms with Crippen LogP contribution in [0.1, 0.15) is 46.5 Å². The number of carbonyl (C=O) groups is 2. The van der Waals surface area contributed by atoms with Gasteiger partial charge in [0.1, 0.15) is 12.2 Å². The van der Waals surface area contributed by atoms with Crippen LogP contribution in [0.15, 0.2) is 23.8 Å². The van der Waals surface area contributed by atoms with Gasteiger partial charge in [0.15, 0.2) is 17.2 Å². The monoisotopic (exact) mass is 472 g/mol. The molecule has 8 atom stereocenters. The lowest BCUT2D eigenvalue weighted by Crippen LogP contribution is -2.69. The van der Waals surface area contributed by atoms with Gasteiger partial charge >= 0.3 is 7.82 Å². The number of allylic oxidation sites excluding steroid dienone is 4. The Kier molecular flexibility index (Phi) is 5.34. The number of hydrogen-bond acceptors (Lipinski definition) is 6. The van der Waals surface area contributed by atoms with Crippen molar-refractivity contribution in [3.8, 4) is 0 Å². The second-order valence-electron chi connectivity index (χ2n) is 10.4. The van der Waals surface area contributed by atoms with Crippen LogP contribution >= 0.6 is 7.82 Å². The van der Waals surface area contributed by atoms with E-state index in [1.165, 1.54) is 18.2 Å². The van der Waals surface area contributed by atoms with E-state index in [1.54, 1.807) is 20.8 Å². The van der Waals surface area contributed by atoms with Gasteiger partial charge in [0, 0.05) is 16.7 Å². The molecule has 10 heteroatoms. The number of alkyl halides is 1. The van der Waals surface area contributed by atoms with Crippen LogP contribution in [-0.2, 0) is 18.7 Å². The molecule has 0 unspecified atom stereocenters. The van der Waals surface area contributed by atoms with Crippen LogP contribution < -0.4 is 0 Å². The molecule has 0 radical (unpaired) electrons. The molecule has 0 bridgehead atoms. The van der Waals surface area contributed by atoms with E-state index >= 15 is 4.39 Å². The van der Waals surface area contributed by atoms with Crippen molar-refractivity contribution in [2.45, 2.75) is 63.8 Å². The van der Waals surface area contributed by atoms with E-state index in [9.17, 15) is 24.4 Å². The summed E-state index contributed by atoms with van der Waals surface area (Å²) in [7, 11) is -4.93. The number of phosphoric ester groups is 1. The first-order valence-corrected chi connectivity index (χ1v) is 12.4. The highest BCUT2D eigenvalue weighted by Gasteiger charge is 2.75. The first-order valence-electron chi connectivity index (χ1n) is 10.9. The molecule has 0 aliphatic heterocycles. The zero-order chi connectivity index (χ0) is 23.9. The summed E-state index contributed by atoms with van der Waals surface area (Å²) < 4.78 is 32.5. The van der Waals surface area contributed by atoms with Crippen LogP contribution in [0.5, 0.6) is 0 Å². The molecular weight excluding hydrogens is 442 g/mol. The number of Topliss-reactive ketones (excluding diaryl/α,β-unsaturated/α-hetero) is 1. The van der Waals surface area contributed by atoms with Gasteiger partial charge in [0.25, 0.3) is 0 Å². The lowest BCUT2D eigenvalue weighted by molar-refractivity contribution is -0.219. The Morgan fingerprint density at radius 2 is 1.97 bits per heavy atom. The molecule has 4 aliphatic rings. The Morgan fingerprint density at radius 1 is 1.31 bits per heavy atom. The van der Waals surface area contributed by atoms with Crippen LogP contribution in [-0.4, -0.2) is 55.5 Å². The van der Waals surface area contributed by atoms with Crippen molar-refractivity contribution in [3.63, 3.8) is 0 Å². The minimum atomic E-state index is -4.93. The average Bonchev–Trinajstić information content (AvgIpc) is 2.89. The second-order valence-corrected chi connectivity index (χ2v) is 11.6. The van der Waals surface area contributed by atoms with E-state index in [2.05, 4.69) is 4.52 Å². The van der Waals surface area contributed by atoms with E-state index in [-0.39, 0.29) is 12.2 Å². The second kappa shape index (κ2) is 7.14. The number of carbonyl (C=O) groups excluding carboxylic acids is 2. The van der Waals surface area contributed by atoms with E-state index in [0.717, 1.165) is 0 Å². The molecule has 0 heterocycles. The largest absolute Gasteiger partial charge is 0.470 e. The molecule has 0 aromatic carbocycles. The van der Waals surface area contributed by atoms with Gasteiger partial charge in [-0.2, -0.15) is 0 Å². The summed E-state index contributed by atoms with van der Waals surface area (Å²) in [4.78, 5) is 42.8. The predicted molar refractivity (Wildman–Crippen MR) is 111 cm³/mol. The van der Waals surface area contributed by atoms with Crippen LogP contribution in [0, 0.1) is 28.6 Å². The summed E-state index contributed by atoms with van der Waals surface area (Å²) in [5.41, 5.74) is -5.88. The van der Waals surface area contributed by atoms with Gasteiger partial charge in [-0.15, -0.1) is 0 Å². The first kappa shape index (κ1) is 23.9. The van der Waals surface area contributed by atoms with Crippen LogP contribution in [0.3, 0.4) is 0 Å². The minimum Gasteiger partial charge on any atom is -0.390 e. The molecular formula is C22H30FO8P. The Balaban J connectivity index is 1.74. The Hall–Kier alpha value is -1.22. The fourth-order valence-corrected chi connectivity index (χ4v) is 7.68. The van der Waals surface area contributed by atoms with Gasteiger partial charge in [-0.3, -0.25) is 14.1 Å². The maximum absolute atomic E-state index is 17.0. The van der Waals surface area contributed by atoms with Crippen molar-refractivity contribution in [2.75, 3.05) is 6.61 Å². The van der Waals surface area contributed by atoms with E-state index in [1.807, 2.05) is 0 Å². The van der Waals surface area contributed by atoms with Crippen molar-refractivity contribution in [2.24, 2.45) is 28.6 Å². The maximum Gasteiger partial charge on any atom is 0.470 e. The van der Waals surface area contributed by atoms with E-state index < -0.39 is 66.2 Å². The smallest absolute Gasteiger partial charge is 0.390 e. The Morgan fingerprint density at radius 3 is 2.59 bits per heavy atom. The number of aliphatic hydroxyl groups excluding tert-OH is 1. The fourth-order valence-electron chi connectivity index (χ4n) is 7.39. The predicted octanol–water partition coefficient (Wildman–Crippen LogP) is 2.01. The van der Waals surface area contributed by atoms with Crippen molar-refractivity contribution in [1.82, 2.24) is 0 Å². The third-order valence-corrected chi connectivity index (χ3v) is 9.48. The molecule has 0 saturated heterocycles. The summed E-state index contributed by atoms with van der Waals surface area (Å²) in [5.74, 6) is -2.87. The Labute approximate surface area is 185 Å². The van der Waals surface area contributed by atoms with E-state index in [0.29, 0.717) is 24.8 Å². The van der Waals surface area contributed by atoms with Gasteiger partial charge in [-0.25, -0.2) is 8.96 Å². The third kappa shape index (κ3) is 2.95. The zero-order valence-electron chi connectivity index (χ0n) is 18.3. The van der Waals surface area contributed by atoms with Gasteiger partial charge < -0.3 is 20.0 Å². The van der Waals surface area contributed by atoms with Gasteiger partial charge in [0.05, 0.1) is 6.10 Å². The molecule has 4 rings (SSSR count). The van der Waals surface area contributed by atoms with Crippen molar-refractivity contribution < 1.29 is 43.1 Å². The van der Waals surface area contributed by atoms with Gasteiger partial charge in [0.2, 0.25) is 0 Å². The topological polar surface area (TPSA) is 141 Å². The first-order chi connectivity index (χ1) is 14.6. The third-order valence-electron chi connectivity index (χ3n) is 9.01. The quantitative estimate of drug-likeness (QED) is 0.456. The van der Waals surface area contributed by atoms with Crippen molar-refractivity contribution >= 4 is 19.4 Å². The molecule has 0 spiro atoms. The number of hydrogen-bond donors (Lipinski definition) is 4. The van der Waals surface area contributed by atoms with Crippen LogP contribution in [0.4, 0.5) is 4.39 Å². The summed E-state index contributed by atoms with van der Waals surface area (Å²) >= 11 is 0. The summed E-state index contributed by atoms with van der Waals surface area (Å²) in [6.45, 7) is 4.00. The molecule has 0 aromatic heterocycles. The number of fused-ring (bicyclic) bond motifs is 5. The summed E-state index contributed by atoms with van der Waals surface area (Å²) in [6.07, 6.45) is 3.70. The van der Waals surface area contributed by atoms with Crippen LogP contribution in [0.25, 0.3) is 0 Å². The molecule has 8 nitrogen and oxygen atoms in total. The lowest BCUT2D eigenvalue weighted by Gasteiger charge is -2.62. The zero-order valence-corrected chi connectivity index (χ0v) is 19.2. The number of rotatable bonds is 4. The molecule has 4 aliphatic carbocycles. The fraction of sp³-hybridized carbons (Fsp3) is 0.727. The number of halogens is 1. The molecule has 0 amide bonds. The number of ketones is 2.